The third-order valence-electron chi connectivity index (χ3n) is 5.18. The number of nitrogens with one attached hydrogen (secondary N) is 1. The highest BCUT2D eigenvalue weighted by molar-refractivity contribution is 5.94. The molecule has 28 heavy (non-hydrogen) atoms. The van der Waals surface area contributed by atoms with Crippen molar-refractivity contribution in [3.63, 3.8) is 0 Å². The lowest BCUT2D eigenvalue weighted by atomic mass is 10.1. The zero-order chi connectivity index (χ0) is 19.8. The van der Waals surface area contributed by atoms with Gasteiger partial charge in [-0.2, -0.15) is 0 Å². The highest BCUT2D eigenvalue weighted by atomic mass is 16.5. The van der Waals surface area contributed by atoms with E-state index < -0.39 is 0 Å². The summed E-state index contributed by atoms with van der Waals surface area (Å²) in [5, 5.41) is 3.01. The maximum Gasteiger partial charge on any atom is 0.251 e. The second kappa shape index (κ2) is 10.1. The van der Waals surface area contributed by atoms with E-state index >= 15 is 0 Å². The average molecular weight is 382 g/mol. The molecule has 150 valence electrons. The van der Waals surface area contributed by atoms with Crippen LogP contribution in [0.2, 0.25) is 0 Å². The largest absolute Gasteiger partial charge is 0.378 e. The van der Waals surface area contributed by atoms with Gasteiger partial charge in [-0.05, 0) is 48.4 Å². The van der Waals surface area contributed by atoms with Crippen molar-refractivity contribution in [2.75, 3.05) is 49.7 Å². The van der Waals surface area contributed by atoms with E-state index in [-0.39, 0.29) is 5.91 Å². The molecule has 0 aliphatic carbocycles. The smallest absolute Gasteiger partial charge is 0.251 e. The first-order valence-electron chi connectivity index (χ1n) is 10.2. The molecule has 0 spiro atoms. The third-order valence-corrected chi connectivity index (χ3v) is 5.18. The summed E-state index contributed by atoms with van der Waals surface area (Å²) in [6.45, 7) is 7.18. The number of benzene rings is 2. The minimum absolute atomic E-state index is 0.0417. The molecule has 1 aliphatic rings. The first-order valence-corrected chi connectivity index (χ1v) is 10.2. The Bertz CT molecular complexity index is 737. The topological polar surface area (TPSA) is 44.8 Å². The van der Waals surface area contributed by atoms with Gasteiger partial charge in [-0.3, -0.25) is 4.79 Å². The van der Waals surface area contributed by atoms with Crippen LogP contribution >= 0.6 is 0 Å². The monoisotopic (exact) mass is 381 g/mol. The average Bonchev–Trinajstić information content (AvgIpc) is 2.77. The number of ether oxygens (including phenoxy) is 1. The molecule has 0 saturated carbocycles. The molecular formula is C23H31N3O2. The van der Waals surface area contributed by atoms with Crippen molar-refractivity contribution in [3.05, 3.63) is 59.7 Å². The zero-order valence-corrected chi connectivity index (χ0v) is 17.0. The van der Waals surface area contributed by atoms with E-state index in [1.165, 1.54) is 18.5 Å². The van der Waals surface area contributed by atoms with Crippen LogP contribution in [0, 0.1) is 0 Å². The van der Waals surface area contributed by atoms with Gasteiger partial charge in [0, 0.05) is 50.2 Å². The van der Waals surface area contributed by atoms with Crippen molar-refractivity contribution in [2.24, 2.45) is 0 Å². The van der Waals surface area contributed by atoms with E-state index in [1.807, 2.05) is 24.3 Å². The molecule has 0 unspecified atom stereocenters. The molecule has 5 nitrogen and oxygen atoms in total. The molecular weight excluding hydrogens is 350 g/mol. The van der Waals surface area contributed by atoms with Gasteiger partial charge in [0.2, 0.25) is 0 Å². The Morgan fingerprint density at radius 2 is 1.75 bits per heavy atom. The fourth-order valence-corrected chi connectivity index (χ4v) is 3.32. The predicted octanol–water partition coefficient (Wildman–Crippen LogP) is 3.69. The lowest BCUT2D eigenvalue weighted by molar-refractivity contribution is 0.0951. The van der Waals surface area contributed by atoms with E-state index in [0.29, 0.717) is 12.1 Å². The number of morpholine rings is 1. The van der Waals surface area contributed by atoms with E-state index in [9.17, 15) is 4.79 Å². The van der Waals surface area contributed by atoms with Gasteiger partial charge in [-0.15, -0.1) is 0 Å². The number of carbonyl (C=O) groups excluding carboxylic acids is 1. The van der Waals surface area contributed by atoms with Gasteiger partial charge in [0.05, 0.1) is 13.2 Å². The van der Waals surface area contributed by atoms with E-state index in [1.54, 1.807) is 0 Å². The van der Waals surface area contributed by atoms with Crippen LogP contribution in [0.1, 0.15) is 35.7 Å². The van der Waals surface area contributed by atoms with Gasteiger partial charge in [0.25, 0.3) is 5.91 Å². The standard InChI is InChI=1S/C23H31N3O2/c1-3-4-13-25(2)21-11-7-20(8-12-21)23(27)24-18-19-5-9-22(10-6-19)26-14-16-28-17-15-26/h5-12H,3-4,13-18H2,1-2H3,(H,24,27). The van der Waals surface area contributed by atoms with Gasteiger partial charge in [-0.1, -0.05) is 25.5 Å². The molecule has 0 bridgehead atoms. The van der Waals surface area contributed by atoms with Crippen molar-refractivity contribution in [2.45, 2.75) is 26.3 Å². The van der Waals surface area contributed by atoms with E-state index in [2.05, 4.69) is 53.4 Å². The number of nitrogens with zero attached hydrogens (tertiary/aromatic N) is 2. The van der Waals surface area contributed by atoms with Crippen LogP contribution in [-0.4, -0.2) is 45.8 Å². The van der Waals surface area contributed by atoms with Crippen molar-refractivity contribution in [3.8, 4) is 0 Å². The Balaban J connectivity index is 1.50. The minimum Gasteiger partial charge on any atom is -0.378 e. The summed E-state index contributed by atoms with van der Waals surface area (Å²) in [6.07, 6.45) is 2.35. The fourth-order valence-electron chi connectivity index (χ4n) is 3.32. The Hall–Kier alpha value is -2.53. The molecule has 5 heteroatoms. The molecule has 1 N–H and O–H groups in total. The van der Waals surface area contributed by atoms with Crippen LogP contribution in [0.3, 0.4) is 0 Å². The number of unbranched alkanes of at least 4 members (excludes halogenated alkanes) is 1. The molecule has 3 rings (SSSR count). The quantitative estimate of drug-likeness (QED) is 0.757. The number of hydrogen-bond donors (Lipinski definition) is 1. The molecule has 2 aromatic carbocycles. The Morgan fingerprint density at radius 1 is 1.07 bits per heavy atom. The number of amides is 1. The summed E-state index contributed by atoms with van der Waals surface area (Å²) in [7, 11) is 2.09. The zero-order valence-electron chi connectivity index (χ0n) is 17.0. The number of anilines is 2. The van der Waals surface area contributed by atoms with Gasteiger partial charge in [0.15, 0.2) is 0 Å². The Kier molecular flexibility index (Phi) is 7.31. The minimum atomic E-state index is -0.0417. The molecule has 0 radical (unpaired) electrons. The predicted molar refractivity (Wildman–Crippen MR) is 115 cm³/mol. The van der Waals surface area contributed by atoms with Crippen molar-refractivity contribution in [1.29, 1.82) is 0 Å². The van der Waals surface area contributed by atoms with Crippen LogP contribution in [-0.2, 0) is 11.3 Å². The van der Waals surface area contributed by atoms with Crippen LogP contribution in [0.5, 0.6) is 0 Å². The van der Waals surface area contributed by atoms with Gasteiger partial charge in [-0.25, -0.2) is 0 Å². The van der Waals surface area contributed by atoms with Crippen LogP contribution in [0.25, 0.3) is 0 Å². The third kappa shape index (κ3) is 5.49. The normalized spacial score (nSPS) is 14.0. The Morgan fingerprint density at radius 3 is 2.39 bits per heavy atom. The molecule has 1 saturated heterocycles. The van der Waals surface area contributed by atoms with Crippen molar-refractivity contribution < 1.29 is 9.53 Å². The second-order valence-corrected chi connectivity index (χ2v) is 7.27. The second-order valence-electron chi connectivity index (χ2n) is 7.27. The van der Waals surface area contributed by atoms with Crippen molar-refractivity contribution >= 4 is 17.3 Å². The molecule has 1 amide bonds. The molecule has 1 aliphatic heterocycles. The molecule has 1 fully saturated rings. The maximum absolute atomic E-state index is 12.4. The first kappa shape index (κ1) is 20.2. The summed E-state index contributed by atoms with van der Waals surface area (Å²) >= 11 is 0. The highest BCUT2D eigenvalue weighted by Crippen LogP contribution is 2.17. The van der Waals surface area contributed by atoms with Crippen LogP contribution in [0.15, 0.2) is 48.5 Å². The van der Waals surface area contributed by atoms with E-state index in [4.69, 9.17) is 4.74 Å². The summed E-state index contributed by atoms with van der Waals surface area (Å²) in [5.41, 5.74) is 4.14. The summed E-state index contributed by atoms with van der Waals surface area (Å²) in [4.78, 5) is 17.0. The first-order chi connectivity index (χ1) is 13.7. The number of hydrogen-bond acceptors (Lipinski definition) is 4. The highest BCUT2D eigenvalue weighted by Gasteiger charge is 2.11. The van der Waals surface area contributed by atoms with Crippen molar-refractivity contribution in [1.82, 2.24) is 5.32 Å². The SMILES string of the molecule is CCCCN(C)c1ccc(C(=O)NCc2ccc(N3CCOCC3)cc2)cc1. The molecule has 1 heterocycles. The molecule has 2 aromatic rings. The maximum atomic E-state index is 12.4. The summed E-state index contributed by atoms with van der Waals surface area (Å²) < 4.78 is 5.40. The van der Waals surface area contributed by atoms with Crippen LogP contribution < -0.4 is 15.1 Å². The summed E-state index contributed by atoms with van der Waals surface area (Å²) in [6, 6.07) is 16.2. The van der Waals surface area contributed by atoms with Gasteiger partial charge >= 0.3 is 0 Å². The Labute approximate surface area is 168 Å². The van der Waals surface area contributed by atoms with Gasteiger partial charge in [0.1, 0.15) is 0 Å². The molecule has 0 aromatic heterocycles. The van der Waals surface area contributed by atoms with Crippen LogP contribution in [0.4, 0.5) is 11.4 Å². The van der Waals surface area contributed by atoms with E-state index in [0.717, 1.165) is 44.1 Å². The fraction of sp³-hybridized carbons (Fsp3) is 0.435. The summed E-state index contributed by atoms with van der Waals surface area (Å²) in [5.74, 6) is -0.0417. The lowest BCUT2D eigenvalue weighted by Gasteiger charge is -2.28. The van der Waals surface area contributed by atoms with Gasteiger partial charge < -0.3 is 19.9 Å². The lowest BCUT2D eigenvalue weighted by Crippen LogP contribution is -2.36. The number of rotatable bonds is 8. The number of carbonyl (C=O) groups is 1. The molecule has 0 atom stereocenters.